The van der Waals surface area contributed by atoms with Crippen LogP contribution in [0.2, 0.25) is 0 Å². The number of carbonyl (C=O) groups is 2. The highest BCUT2D eigenvalue weighted by atomic mass is 16.2. The van der Waals surface area contributed by atoms with Crippen molar-refractivity contribution in [2.75, 3.05) is 20.4 Å². The van der Waals surface area contributed by atoms with Crippen LogP contribution in [0.5, 0.6) is 0 Å². The van der Waals surface area contributed by atoms with Gasteiger partial charge in [0.1, 0.15) is 0 Å². The molecule has 4 aromatic carbocycles. The van der Waals surface area contributed by atoms with Gasteiger partial charge in [0, 0.05) is 60.8 Å². The largest absolute Gasteiger partial charge is 0.378 e. The third-order valence-electron chi connectivity index (χ3n) is 10.3. The van der Waals surface area contributed by atoms with E-state index in [1.807, 2.05) is 72.3 Å². The van der Waals surface area contributed by atoms with Gasteiger partial charge in [-0.1, -0.05) is 67.6 Å². The van der Waals surface area contributed by atoms with Gasteiger partial charge in [-0.15, -0.1) is 5.10 Å². The summed E-state index contributed by atoms with van der Waals surface area (Å²) in [5, 5.41) is 19.7. The van der Waals surface area contributed by atoms with Crippen LogP contribution in [0.4, 0.5) is 22.7 Å². The Kier molecular flexibility index (Phi) is 10.4. The Hall–Kier alpha value is -5.48. The van der Waals surface area contributed by atoms with Crippen molar-refractivity contribution in [3.05, 3.63) is 126 Å². The number of carbonyl (C=O) groups excluding carboxylic acids is 2. The molecule has 0 saturated heterocycles. The van der Waals surface area contributed by atoms with Gasteiger partial charge >= 0.3 is 0 Å². The number of rotatable bonds is 11. The third-order valence-corrected chi connectivity index (χ3v) is 10.3. The molecule has 2 aliphatic heterocycles. The molecule has 3 heterocycles. The second kappa shape index (κ2) is 15.4. The standard InChI is InChI=1S/C42H48N8O2/c1-5-41(51)49-28(3)23-37(35-11-7-9-13-39(35)49)44-31-17-15-30(16-18-31)25-43-26-33-27-48(47-46-33)34-21-19-32(20-22-34)45-38-24-29(4)50(42(52)6-2)40-14-10-8-12-36(38)40/h7-22,27-29,37-38,43-45H,5-6,23-26H2,1-4H3/t28-,29-,37+,38+/m0/s1. The molecule has 1 aromatic heterocycles. The molecule has 5 aromatic rings. The maximum atomic E-state index is 12.7. The van der Waals surface area contributed by atoms with E-state index in [9.17, 15) is 9.59 Å². The summed E-state index contributed by atoms with van der Waals surface area (Å²) in [5.74, 6) is 0.320. The van der Waals surface area contributed by atoms with E-state index in [2.05, 4.69) is 94.7 Å². The fourth-order valence-electron chi connectivity index (χ4n) is 7.67. The molecular weight excluding hydrogens is 649 g/mol. The molecule has 0 saturated carbocycles. The van der Waals surface area contributed by atoms with E-state index in [-0.39, 0.29) is 36.0 Å². The van der Waals surface area contributed by atoms with Crippen LogP contribution < -0.4 is 25.8 Å². The lowest BCUT2D eigenvalue weighted by Gasteiger charge is -2.40. The fourth-order valence-corrected chi connectivity index (χ4v) is 7.67. The van der Waals surface area contributed by atoms with Crippen molar-refractivity contribution >= 4 is 34.6 Å². The summed E-state index contributed by atoms with van der Waals surface area (Å²) in [4.78, 5) is 29.3. The molecule has 52 heavy (non-hydrogen) atoms. The van der Waals surface area contributed by atoms with Gasteiger partial charge in [0.25, 0.3) is 0 Å². The molecule has 2 aliphatic rings. The molecule has 7 rings (SSSR count). The molecule has 268 valence electrons. The summed E-state index contributed by atoms with van der Waals surface area (Å²) < 4.78 is 1.80. The molecule has 4 atom stereocenters. The van der Waals surface area contributed by atoms with Crippen LogP contribution in [0.25, 0.3) is 5.69 Å². The summed E-state index contributed by atoms with van der Waals surface area (Å²) in [6.45, 7) is 9.40. The maximum Gasteiger partial charge on any atom is 0.226 e. The minimum atomic E-state index is 0.109. The maximum absolute atomic E-state index is 12.7. The van der Waals surface area contributed by atoms with E-state index in [0.29, 0.717) is 25.9 Å². The average Bonchev–Trinajstić information content (AvgIpc) is 3.64. The first-order valence-electron chi connectivity index (χ1n) is 18.5. The van der Waals surface area contributed by atoms with Crippen molar-refractivity contribution in [3.8, 4) is 5.69 Å². The number of hydrogen-bond donors (Lipinski definition) is 3. The topological polar surface area (TPSA) is 107 Å². The van der Waals surface area contributed by atoms with Gasteiger partial charge in [-0.2, -0.15) is 0 Å². The molecule has 0 fully saturated rings. The van der Waals surface area contributed by atoms with Crippen molar-refractivity contribution in [1.82, 2.24) is 20.3 Å². The van der Waals surface area contributed by atoms with Crippen LogP contribution in [0.1, 0.15) is 87.8 Å². The fraction of sp³-hybridized carbons (Fsp3) is 0.333. The van der Waals surface area contributed by atoms with E-state index in [0.717, 1.165) is 58.1 Å². The number of nitrogens with zero attached hydrogens (tertiary/aromatic N) is 5. The van der Waals surface area contributed by atoms with Crippen molar-refractivity contribution < 1.29 is 9.59 Å². The van der Waals surface area contributed by atoms with Crippen LogP contribution in [-0.2, 0) is 22.7 Å². The third kappa shape index (κ3) is 7.29. The molecule has 2 amide bonds. The highest BCUT2D eigenvalue weighted by Crippen LogP contribution is 2.40. The SMILES string of the molecule is CCC(=O)N1c2ccccc2[C@H](Nc2ccc(CNCc3cn(-c4ccc(N[C@@H]5C[C@H](C)N(C(=O)CC)c6ccccc65)cc4)nn3)cc2)C[C@@H]1C. The Balaban J connectivity index is 0.919. The van der Waals surface area contributed by atoms with E-state index in [4.69, 9.17) is 0 Å². The highest BCUT2D eigenvalue weighted by molar-refractivity contribution is 5.96. The number of amides is 2. The first-order chi connectivity index (χ1) is 25.3. The Morgan fingerprint density at radius 2 is 1.17 bits per heavy atom. The Bertz CT molecular complexity index is 2010. The molecule has 10 nitrogen and oxygen atoms in total. The molecule has 0 unspecified atom stereocenters. The lowest BCUT2D eigenvalue weighted by atomic mass is 9.91. The summed E-state index contributed by atoms with van der Waals surface area (Å²) in [6, 6.07) is 33.7. The predicted molar refractivity (Wildman–Crippen MR) is 208 cm³/mol. The van der Waals surface area contributed by atoms with Crippen molar-refractivity contribution in [2.24, 2.45) is 0 Å². The number of fused-ring (bicyclic) bond motifs is 2. The summed E-state index contributed by atoms with van der Waals surface area (Å²) in [7, 11) is 0. The molecule has 0 radical (unpaired) electrons. The van der Waals surface area contributed by atoms with Crippen LogP contribution in [0.3, 0.4) is 0 Å². The van der Waals surface area contributed by atoms with E-state index < -0.39 is 0 Å². The lowest BCUT2D eigenvalue weighted by molar-refractivity contribution is -0.119. The summed E-state index contributed by atoms with van der Waals surface area (Å²) in [6.07, 6.45) is 4.63. The Morgan fingerprint density at radius 3 is 1.69 bits per heavy atom. The van der Waals surface area contributed by atoms with Crippen LogP contribution in [0.15, 0.2) is 103 Å². The quantitative estimate of drug-likeness (QED) is 0.129. The van der Waals surface area contributed by atoms with Crippen LogP contribution >= 0.6 is 0 Å². The zero-order valence-corrected chi connectivity index (χ0v) is 30.4. The first kappa shape index (κ1) is 34.9. The monoisotopic (exact) mass is 696 g/mol. The first-order valence-corrected chi connectivity index (χ1v) is 18.5. The number of hydrogen-bond acceptors (Lipinski definition) is 7. The Labute approximate surface area is 306 Å². The van der Waals surface area contributed by atoms with E-state index in [1.165, 1.54) is 5.56 Å². The van der Waals surface area contributed by atoms with Gasteiger partial charge in [0.05, 0.1) is 29.7 Å². The minimum absolute atomic E-state index is 0.109. The number of benzene rings is 4. The Morgan fingerprint density at radius 1 is 0.673 bits per heavy atom. The van der Waals surface area contributed by atoms with Crippen molar-refractivity contribution in [2.45, 2.75) is 90.6 Å². The number of para-hydroxylation sites is 2. The van der Waals surface area contributed by atoms with Crippen LogP contribution in [0, 0.1) is 0 Å². The second-order valence-electron chi connectivity index (χ2n) is 13.9. The van der Waals surface area contributed by atoms with Crippen molar-refractivity contribution in [3.63, 3.8) is 0 Å². The average molecular weight is 697 g/mol. The van der Waals surface area contributed by atoms with Gasteiger partial charge in [-0.05, 0) is 91.9 Å². The lowest BCUT2D eigenvalue weighted by Crippen LogP contribution is -2.44. The molecule has 0 bridgehead atoms. The molecule has 10 heteroatoms. The van der Waals surface area contributed by atoms with Gasteiger partial charge in [0.15, 0.2) is 0 Å². The van der Waals surface area contributed by atoms with Crippen LogP contribution in [-0.4, -0.2) is 38.9 Å². The minimum Gasteiger partial charge on any atom is -0.378 e. The zero-order valence-electron chi connectivity index (χ0n) is 30.4. The van der Waals surface area contributed by atoms with E-state index in [1.54, 1.807) is 4.68 Å². The van der Waals surface area contributed by atoms with Gasteiger partial charge in [-0.3, -0.25) is 9.59 Å². The normalized spacial score (nSPS) is 19.5. The second-order valence-corrected chi connectivity index (χ2v) is 13.9. The molecular formula is C42H48N8O2. The zero-order chi connectivity index (χ0) is 36.2. The van der Waals surface area contributed by atoms with Gasteiger partial charge < -0.3 is 25.8 Å². The van der Waals surface area contributed by atoms with Gasteiger partial charge in [0.2, 0.25) is 11.8 Å². The number of anilines is 4. The van der Waals surface area contributed by atoms with Crippen molar-refractivity contribution in [1.29, 1.82) is 0 Å². The number of nitrogens with one attached hydrogen (secondary N) is 3. The summed E-state index contributed by atoms with van der Waals surface area (Å²) >= 11 is 0. The molecule has 3 N–H and O–H groups in total. The predicted octanol–water partition coefficient (Wildman–Crippen LogP) is 7.93. The van der Waals surface area contributed by atoms with E-state index >= 15 is 0 Å². The number of aromatic nitrogens is 3. The summed E-state index contributed by atoms with van der Waals surface area (Å²) in [5.41, 5.74) is 9.36. The molecule has 0 spiro atoms. The van der Waals surface area contributed by atoms with Gasteiger partial charge in [-0.25, -0.2) is 4.68 Å². The molecule has 0 aliphatic carbocycles. The smallest absolute Gasteiger partial charge is 0.226 e. The highest BCUT2D eigenvalue weighted by Gasteiger charge is 2.34.